The first kappa shape index (κ1) is 16.7. The van der Waals surface area contributed by atoms with Gasteiger partial charge in [-0.1, -0.05) is 17.7 Å². The molecule has 0 radical (unpaired) electrons. The van der Waals surface area contributed by atoms with Crippen LogP contribution in [0.1, 0.15) is 44.9 Å². The second-order valence-corrected chi connectivity index (χ2v) is 7.00. The second-order valence-electron chi connectivity index (χ2n) is 7.00. The highest BCUT2D eigenvalue weighted by molar-refractivity contribution is 5.78. The van der Waals surface area contributed by atoms with Crippen LogP contribution in [0.2, 0.25) is 0 Å². The zero-order chi connectivity index (χ0) is 16.1. The van der Waals surface area contributed by atoms with Gasteiger partial charge >= 0.3 is 0 Å². The summed E-state index contributed by atoms with van der Waals surface area (Å²) in [5.74, 6) is 0.312. The molecule has 0 aromatic heterocycles. The minimum Gasteiger partial charge on any atom is -0.375 e. The Bertz CT molecular complexity index is 460. The summed E-state index contributed by atoms with van der Waals surface area (Å²) in [6.07, 6.45) is 11.9. The molecule has 2 fully saturated rings. The van der Waals surface area contributed by atoms with Crippen molar-refractivity contribution in [3.63, 3.8) is 0 Å². The molecule has 0 N–H and O–H groups in total. The van der Waals surface area contributed by atoms with E-state index in [4.69, 9.17) is 4.74 Å². The van der Waals surface area contributed by atoms with Crippen LogP contribution in [0.5, 0.6) is 0 Å². The van der Waals surface area contributed by atoms with Crippen molar-refractivity contribution in [3.8, 4) is 0 Å². The van der Waals surface area contributed by atoms with Crippen molar-refractivity contribution in [2.75, 3.05) is 32.8 Å². The van der Waals surface area contributed by atoms with Crippen molar-refractivity contribution >= 4 is 5.91 Å². The fraction of sp³-hybridized carbons (Fsp3) is 0.737. The highest BCUT2D eigenvalue weighted by atomic mass is 16.5. The van der Waals surface area contributed by atoms with E-state index in [9.17, 15) is 4.79 Å². The minimum absolute atomic E-state index is 0.274. The largest absolute Gasteiger partial charge is 0.375 e. The molecule has 0 aromatic carbocycles. The van der Waals surface area contributed by atoms with Gasteiger partial charge in [-0.05, 0) is 38.5 Å². The molecule has 4 nitrogen and oxygen atoms in total. The van der Waals surface area contributed by atoms with Gasteiger partial charge in [-0.2, -0.15) is 0 Å². The van der Waals surface area contributed by atoms with E-state index >= 15 is 0 Å². The molecule has 3 aliphatic rings. The first-order valence-electron chi connectivity index (χ1n) is 9.20. The van der Waals surface area contributed by atoms with Crippen LogP contribution in [0.25, 0.3) is 0 Å². The average Bonchev–Trinajstić information content (AvgIpc) is 2.79. The summed E-state index contributed by atoms with van der Waals surface area (Å²) < 4.78 is 5.99. The smallest absolute Gasteiger partial charge is 0.226 e. The van der Waals surface area contributed by atoms with Gasteiger partial charge in [0.15, 0.2) is 0 Å². The van der Waals surface area contributed by atoms with Crippen LogP contribution in [0.4, 0.5) is 0 Å². The van der Waals surface area contributed by atoms with Gasteiger partial charge in [-0.15, -0.1) is 6.58 Å². The van der Waals surface area contributed by atoms with Gasteiger partial charge in [-0.25, -0.2) is 0 Å². The Labute approximate surface area is 140 Å². The minimum atomic E-state index is 0.274. The molecule has 2 atom stereocenters. The van der Waals surface area contributed by atoms with E-state index in [1.165, 1.54) is 18.4 Å². The molecule has 3 rings (SSSR count). The number of amides is 1. The number of carbonyl (C=O) groups excluding carboxylic acids is 1. The number of nitrogens with zero attached hydrogens (tertiary/aromatic N) is 2. The summed E-state index contributed by atoms with van der Waals surface area (Å²) >= 11 is 0. The van der Waals surface area contributed by atoms with Crippen molar-refractivity contribution in [2.45, 2.75) is 57.1 Å². The first-order valence-corrected chi connectivity index (χ1v) is 9.20. The maximum Gasteiger partial charge on any atom is 0.226 e. The van der Waals surface area contributed by atoms with Gasteiger partial charge in [0, 0.05) is 38.6 Å². The van der Waals surface area contributed by atoms with Crippen LogP contribution in [-0.2, 0) is 9.53 Å². The molecule has 2 heterocycles. The second kappa shape index (κ2) is 8.11. The molecular weight excluding hydrogens is 288 g/mol. The maximum atomic E-state index is 12.6. The van der Waals surface area contributed by atoms with E-state index in [0.717, 1.165) is 58.5 Å². The van der Waals surface area contributed by atoms with Gasteiger partial charge in [0.1, 0.15) is 0 Å². The van der Waals surface area contributed by atoms with Gasteiger partial charge in [0.05, 0.1) is 12.7 Å². The topological polar surface area (TPSA) is 32.8 Å². The monoisotopic (exact) mass is 318 g/mol. The molecule has 0 saturated carbocycles. The Morgan fingerprint density at radius 1 is 1.30 bits per heavy atom. The molecular formula is C19H30N2O2. The number of allylic oxidation sites excluding steroid dienone is 1. The van der Waals surface area contributed by atoms with Crippen molar-refractivity contribution in [1.29, 1.82) is 0 Å². The van der Waals surface area contributed by atoms with E-state index in [0.29, 0.717) is 18.4 Å². The van der Waals surface area contributed by atoms with Crippen LogP contribution in [0.15, 0.2) is 24.3 Å². The number of ether oxygens (including phenoxy) is 1. The normalized spacial score (nSPS) is 29.4. The number of rotatable bonds is 4. The number of likely N-dealkylation sites (tertiary alicyclic amines) is 1. The summed E-state index contributed by atoms with van der Waals surface area (Å²) in [5.41, 5.74) is 1.35. The quantitative estimate of drug-likeness (QED) is 0.747. The Morgan fingerprint density at radius 3 is 2.96 bits per heavy atom. The maximum absolute atomic E-state index is 12.6. The van der Waals surface area contributed by atoms with E-state index in [1.807, 2.05) is 6.08 Å². The predicted octanol–water partition coefficient (Wildman–Crippen LogP) is 2.75. The summed E-state index contributed by atoms with van der Waals surface area (Å²) in [6, 6.07) is 0.438. The molecule has 2 unspecified atom stereocenters. The molecule has 2 saturated heterocycles. The lowest BCUT2D eigenvalue weighted by Gasteiger charge is -2.39. The molecule has 23 heavy (non-hydrogen) atoms. The zero-order valence-corrected chi connectivity index (χ0v) is 14.2. The first-order chi connectivity index (χ1) is 11.3. The predicted molar refractivity (Wildman–Crippen MR) is 92.3 cm³/mol. The Kier molecular flexibility index (Phi) is 5.90. The number of hydrogen-bond donors (Lipinski definition) is 0. The summed E-state index contributed by atoms with van der Waals surface area (Å²) in [7, 11) is 0. The number of hydrogen-bond acceptors (Lipinski definition) is 3. The van der Waals surface area contributed by atoms with Crippen molar-refractivity contribution in [1.82, 2.24) is 9.80 Å². The van der Waals surface area contributed by atoms with Crippen molar-refractivity contribution in [2.24, 2.45) is 0 Å². The van der Waals surface area contributed by atoms with Gasteiger partial charge in [0.2, 0.25) is 5.91 Å². The fourth-order valence-electron chi connectivity index (χ4n) is 4.17. The molecule has 0 bridgehead atoms. The van der Waals surface area contributed by atoms with Gasteiger partial charge < -0.3 is 9.64 Å². The van der Waals surface area contributed by atoms with Crippen LogP contribution < -0.4 is 0 Å². The zero-order valence-electron chi connectivity index (χ0n) is 14.2. The number of carbonyl (C=O) groups is 1. The summed E-state index contributed by atoms with van der Waals surface area (Å²) in [4.78, 5) is 17.2. The van der Waals surface area contributed by atoms with Gasteiger partial charge in [0.25, 0.3) is 0 Å². The third-order valence-electron chi connectivity index (χ3n) is 5.47. The fourth-order valence-corrected chi connectivity index (χ4v) is 4.17. The highest BCUT2D eigenvalue weighted by Crippen LogP contribution is 2.25. The molecule has 128 valence electrons. The number of morpholine rings is 1. The van der Waals surface area contributed by atoms with E-state index in [-0.39, 0.29) is 6.10 Å². The lowest BCUT2D eigenvalue weighted by atomic mass is 9.97. The Morgan fingerprint density at radius 2 is 2.17 bits per heavy atom. The average molecular weight is 318 g/mol. The number of fused-ring (bicyclic) bond motifs is 1. The highest BCUT2D eigenvalue weighted by Gasteiger charge is 2.35. The van der Waals surface area contributed by atoms with E-state index < -0.39 is 0 Å². The van der Waals surface area contributed by atoms with Crippen molar-refractivity contribution < 1.29 is 9.53 Å². The lowest BCUT2D eigenvalue weighted by Crippen LogP contribution is -2.51. The van der Waals surface area contributed by atoms with Gasteiger partial charge in [-0.3, -0.25) is 9.69 Å². The van der Waals surface area contributed by atoms with Crippen molar-refractivity contribution in [3.05, 3.63) is 24.3 Å². The van der Waals surface area contributed by atoms with Crippen LogP contribution in [0.3, 0.4) is 0 Å². The molecule has 0 spiro atoms. The van der Waals surface area contributed by atoms with Crippen LogP contribution in [0, 0.1) is 0 Å². The SMILES string of the molecule is C=CCN1CCOC2CCN(C(=O)CC3=CCCCC3)CCC21. The molecule has 1 amide bonds. The van der Waals surface area contributed by atoms with Crippen LogP contribution >= 0.6 is 0 Å². The molecule has 1 aliphatic carbocycles. The molecule has 2 aliphatic heterocycles. The third kappa shape index (κ3) is 4.24. The summed E-state index contributed by atoms with van der Waals surface area (Å²) in [6.45, 7) is 8.28. The standard InChI is InChI=1S/C19H30N2O2/c1-2-10-20-13-14-23-18-9-12-21(11-8-17(18)20)19(22)15-16-6-4-3-5-7-16/h2,6,17-18H,1,3-5,7-15H2. The Balaban J connectivity index is 1.57. The summed E-state index contributed by atoms with van der Waals surface area (Å²) in [5, 5.41) is 0. The lowest BCUT2D eigenvalue weighted by molar-refractivity contribution is -0.130. The molecule has 0 aromatic rings. The van der Waals surface area contributed by atoms with E-state index in [1.54, 1.807) is 0 Å². The van der Waals surface area contributed by atoms with Crippen LogP contribution in [-0.4, -0.2) is 60.6 Å². The third-order valence-corrected chi connectivity index (χ3v) is 5.47. The molecule has 4 heteroatoms. The van der Waals surface area contributed by atoms with E-state index in [2.05, 4.69) is 22.5 Å². The Hall–Kier alpha value is -1.13.